The molecule has 1 unspecified atom stereocenters. The molecule has 1 aliphatic rings. The van der Waals surface area contributed by atoms with Crippen molar-refractivity contribution in [2.45, 2.75) is 31.8 Å². The lowest BCUT2D eigenvalue weighted by Gasteiger charge is -2.14. The van der Waals surface area contributed by atoms with Crippen molar-refractivity contribution in [2.75, 3.05) is 6.54 Å². The maximum absolute atomic E-state index is 11.3. The van der Waals surface area contributed by atoms with Gasteiger partial charge in [0.05, 0.1) is 5.69 Å². The summed E-state index contributed by atoms with van der Waals surface area (Å²) in [6, 6.07) is 2.14. The van der Waals surface area contributed by atoms with Crippen LogP contribution in [0.4, 0.5) is 0 Å². The van der Waals surface area contributed by atoms with Crippen LogP contribution >= 0.6 is 0 Å². The first-order valence-electron chi connectivity index (χ1n) is 5.59. The first-order chi connectivity index (χ1) is 7.84. The summed E-state index contributed by atoms with van der Waals surface area (Å²) < 4.78 is 0. The molecule has 1 fully saturated rings. The zero-order chi connectivity index (χ0) is 11.2. The molecule has 2 rings (SSSR count). The molecule has 2 heterocycles. The Morgan fingerprint density at radius 1 is 1.56 bits per heavy atom. The molecule has 5 heteroatoms. The van der Waals surface area contributed by atoms with Crippen molar-refractivity contribution in [3.63, 3.8) is 0 Å². The van der Waals surface area contributed by atoms with Crippen LogP contribution in [0.25, 0.3) is 0 Å². The van der Waals surface area contributed by atoms with Crippen LogP contribution in [0.1, 0.15) is 25.0 Å². The summed E-state index contributed by atoms with van der Waals surface area (Å²) in [6.07, 6.45) is 5.89. The van der Waals surface area contributed by atoms with Gasteiger partial charge < -0.3 is 10.6 Å². The fraction of sp³-hybridized carbons (Fsp3) is 0.545. The van der Waals surface area contributed by atoms with E-state index in [2.05, 4.69) is 20.6 Å². The predicted octanol–water partition coefficient (Wildman–Crippen LogP) is 0.235. The van der Waals surface area contributed by atoms with Crippen LogP contribution in [0.2, 0.25) is 0 Å². The SMILES string of the molecule is O=C1CC(NCc2ccncn2)CCCN1. The van der Waals surface area contributed by atoms with Crippen molar-refractivity contribution < 1.29 is 4.79 Å². The van der Waals surface area contributed by atoms with Crippen LogP contribution in [-0.4, -0.2) is 28.5 Å². The maximum Gasteiger partial charge on any atom is 0.221 e. The van der Waals surface area contributed by atoms with Crippen molar-refractivity contribution in [2.24, 2.45) is 0 Å². The molecule has 0 aliphatic carbocycles. The first kappa shape index (κ1) is 11.0. The summed E-state index contributed by atoms with van der Waals surface area (Å²) in [5, 5.41) is 6.23. The Morgan fingerprint density at radius 3 is 3.31 bits per heavy atom. The highest BCUT2D eigenvalue weighted by molar-refractivity contribution is 5.76. The molecule has 1 amide bonds. The van der Waals surface area contributed by atoms with Gasteiger partial charge in [0.25, 0.3) is 0 Å². The molecule has 1 saturated heterocycles. The number of aromatic nitrogens is 2. The Kier molecular flexibility index (Phi) is 3.82. The minimum Gasteiger partial charge on any atom is -0.356 e. The fourth-order valence-electron chi connectivity index (χ4n) is 1.82. The third-order valence-corrected chi connectivity index (χ3v) is 2.70. The number of rotatable bonds is 3. The zero-order valence-corrected chi connectivity index (χ0v) is 9.15. The third-order valence-electron chi connectivity index (χ3n) is 2.70. The predicted molar refractivity (Wildman–Crippen MR) is 59.5 cm³/mol. The first-order valence-corrected chi connectivity index (χ1v) is 5.59. The summed E-state index contributed by atoms with van der Waals surface area (Å²) in [6.45, 7) is 1.49. The van der Waals surface area contributed by atoms with E-state index in [0.29, 0.717) is 13.0 Å². The van der Waals surface area contributed by atoms with Crippen molar-refractivity contribution in [3.8, 4) is 0 Å². The highest BCUT2D eigenvalue weighted by atomic mass is 16.1. The van der Waals surface area contributed by atoms with Gasteiger partial charge in [-0.15, -0.1) is 0 Å². The highest BCUT2D eigenvalue weighted by Crippen LogP contribution is 2.06. The lowest BCUT2D eigenvalue weighted by Crippen LogP contribution is -2.32. The molecular formula is C11H16N4O. The van der Waals surface area contributed by atoms with E-state index in [1.807, 2.05) is 6.07 Å². The molecule has 2 N–H and O–H groups in total. The Labute approximate surface area is 94.7 Å². The van der Waals surface area contributed by atoms with Gasteiger partial charge in [0.15, 0.2) is 0 Å². The molecule has 5 nitrogen and oxygen atoms in total. The minimum absolute atomic E-state index is 0.137. The van der Waals surface area contributed by atoms with Crippen LogP contribution < -0.4 is 10.6 Å². The van der Waals surface area contributed by atoms with Crippen LogP contribution in [-0.2, 0) is 11.3 Å². The average molecular weight is 220 g/mol. The molecule has 0 saturated carbocycles. The van der Waals surface area contributed by atoms with Gasteiger partial charge in [0.2, 0.25) is 5.91 Å². The second-order valence-corrected chi connectivity index (χ2v) is 3.97. The Morgan fingerprint density at radius 2 is 2.50 bits per heavy atom. The average Bonchev–Trinajstić information content (AvgIpc) is 2.52. The maximum atomic E-state index is 11.3. The lowest BCUT2D eigenvalue weighted by molar-refractivity contribution is -0.121. The van der Waals surface area contributed by atoms with Gasteiger partial charge in [-0.1, -0.05) is 0 Å². The monoisotopic (exact) mass is 220 g/mol. The van der Waals surface area contributed by atoms with Crippen molar-refractivity contribution in [3.05, 3.63) is 24.3 Å². The van der Waals surface area contributed by atoms with Gasteiger partial charge in [-0.05, 0) is 18.9 Å². The van der Waals surface area contributed by atoms with Crippen molar-refractivity contribution >= 4 is 5.91 Å². The molecule has 16 heavy (non-hydrogen) atoms. The number of carbonyl (C=O) groups excluding carboxylic acids is 1. The quantitative estimate of drug-likeness (QED) is 0.765. The normalized spacial score (nSPS) is 21.2. The molecular weight excluding hydrogens is 204 g/mol. The molecule has 1 atom stereocenters. The summed E-state index contributed by atoms with van der Waals surface area (Å²) in [4.78, 5) is 19.3. The smallest absolute Gasteiger partial charge is 0.221 e. The summed E-state index contributed by atoms with van der Waals surface area (Å²) in [7, 11) is 0. The molecule has 1 aliphatic heterocycles. The lowest BCUT2D eigenvalue weighted by atomic mass is 10.1. The van der Waals surface area contributed by atoms with Gasteiger partial charge in [-0.3, -0.25) is 4.79 Å². The number of nitrogens with zero attached hydrogens (tertiary/aromatic N) is 2. The Bertz CT molecular complexity index is 341. The third kappa shape index (κ3) is 3.27. The molecule has 1 aromatic rings. The number of hydrogen-bond acceptors (Lipinski definition) is 4. The van der Waals surface area contributed by atoms with E-state index in [9.17, 15) is 4.79 Å². The van der Waals surface area contributed by atoms with E-state index >= 15 is 0 Å². The van der Waals surface area contributed by atoms with E-state index in [0.717, 1.165) is 25.1 Å². The second-order valence-electron chi connectivity index (χ2n) is 3.97. The van der Waals surface area contributed by atoms with Gasteiger partial charge in [-0.2, -0.15) is 0 Å². The fourth-order valence-corrected chi connectivity index (χ4v) is 1.82. The zero-order valence-electron chi connectivity index (χ0n) is 9.15. The van der Waals surface area contributed by atoms with E-state index in [1.165, 1.54) is 6.33 Å². The van der Waals surface area contributed by atoms with Gasteiger partial charge in [0, 0.05) is 31.7 Å². The van der Waals surface area contributed by atoms with E-state index in [4.69, 9.17) is 0 Å². The van der Waals surface area contributed by atoms with E-state index in [1.54, 1.807) is 6.20 Å². The van der Waals surface area contributed by atoms with Crippen molar-refractivity contribution in [1.29, 1.82) is 0 Å². The van der Waals surface area contributed by atoms with Crippen molar-refractivity contribution in [1.82, 2.24) is 20.6 Å². The minimum atomic E-state index is 0.137. The Hall–Kier alpha value is -1.49. The number of hydrogen-bond donors (Lipinski definition) is 2. The number of nitrogens with one attached hydrogen (secondary N) is 2. The molecule has 0 aromatic carbocycles. The standard InChI is InChI=1S/C11H16N4O/c16-11-6-9(2-1-4-13-11)14-7-10-3-5-12-8-15-10/h3,5,8-9,14H,1-2,4,6-7H2,(H,13,16). The molecule has 0 bridgehead atoms. The van der Waals surface area contributed by atoms with Crippen LogP contribution in [0.3, 0.4) is 0 Å². The van der Waals surface area contributed by atoms with E-state index in [-0.39, 0.29) is 11.9 Å². The highest BCUT2D eigenvalue weighted by Gasteiger charge is 2.16. The molecule has 0 spiro atoms. The largest absolute Gasteiger partial charge is 0.356 e. The van der Waals surface area contributed by atoms with Gasteiger partial charge in [0.1, 0.15) is 6.33 Å². The molecule has 1 aromatic heterocycles. The summed E-state index contributed by atoms with van der Waals surface area (Å²) in [5.41, 5.74) is 0.958. The van der Waals surface area contributed by atoms with Crippen LogP contribution in [0.5, 0.6) is 0 Å². The summed E-state index contributed by atoms with van der Waals surface area (Å²) >= 11 is 0. The second kappa shape index (κ2) is 5.55. The summed E-state index contributed by atoms with van der Waals surface area (Å²) in [5.74, 6) is 0.137. The number of carbonyl (C=O) groups is 1. The Balaban J connectivity index is 1.83. The molecule has 86 valence electrons. The van der Waals surface area contributed by atoms with Gasteiger partial charge >= 0.3 is 0 Å². The topological polar surface area (TPSA) is 66.9 Å². The molecule has 0 radical (unpaired) electrons. The van der Waals surface area contributed by atoms with Crippen LogP contribution in [0.15, 0.2) is 18.6 Å². The van der Waals surface area contributed by atoms with Gasteiger partial charge in [-0.25, -0.2) is 9.97 Å². The van der Waals surface area contributed by atoms with E-state index < -0.39 is 0 Å². The van der Waals surface area contributed by atoms with Crippen LogP contribution in [0, 0.1) is 0 Å². The number of amides is 1.